The Hall–Kier alpha value is -4.21. The molecule has 0 aliphatic heterocycles. The number of hydrogen-bond acceptors (Lipinski definition) is 6. The molecule has 0 saturated heterocycles. The summed E-state index contributed by atoms with van der Waals surface area (Å²) in [6.45, 7) is 1.08. The number of nitrogens with zero attached hydrogens (tertiary/aromatic N) is 3. The molecule has 0 spiro atoms. The van der Waals surface area contributed by atoms with Gasteiger partial charge in [-0.15, -0.1) is 10.2 Å². The van der Waals surface area contributed by atoms with E-state index in [-0.39, 0.29) is 25.4 Å². The molecule has 1 unspecified atom stereocenters. The maximum atomic E-state index is 12.6. The lowest BCUT2D eigenvalue weighted by Crippen LogP contribution is -2.47. The van der Waals surface area contributed by atoms with Gasteiger partial charge in [0.05, 0.1) is 0 Å². The van der Waals surface area contributed by atoms with Gasteiger partial charge in [-0.3, -0.25) is 9.59 Å². The van der Waals surface area contributed by atoms with Crippen molar-refractivity contribution in [2.75, 3.05) is 13.2 Å². The quantitative estimate of drug-likeness (QED) is 0.361. The Morgan fingerprint density at radius 1 is 1.00 bits per heavy atom. The summed E-state index contributed by atoms with van der Waals surface area (Å²) in [5.41, 5.74) is 4.38. The number of alkyl carbamates (subject to hydrolysis) is 1. The maximum Gasteiger partial charge on any atom is 0.407 e. The Kier molecular flexibility index (Phi) is 7.71. The van der Waals surface area contributed by atoms with Crippen molar-refractivity contribution in [3.63, 3.8) is 0 Å². The van der Waals surface area contributed by atoms with Crippen LogP contribution >= 0.6 is 0 Å². The number of rotatable bonds is 11. The standard InChI is InChI=1S/C25H27N5O5/c31-23(32)11-10-22(24(33)26-12-5-13-30-15-27-28-16-30)29-25(34)35-14-21-19-8-3-1-6-17(19)18-7-2-4-9-20(18)21/h1-4,6-9,15-16,21-22H,5,10-14H2,(H,26,33)(H,29,34)(H,31,32). The van der Waals surface area contributed by atoms with Gasteiger partial charge in [0, 0.05) is 25.4 Å². The number of carboxylic acid groups (broad SMARTS) is 1. The Bertz CT molecular complexity index is 1140. The highest BCUT2D eigenvalue weighted by molar-refractivity contribution is 5.86. The van der Waals surface area contributed by atoms with Crippen molar-refractivity contribution in [3.8, 4) is 11.1 Å². The van der Waals surface area contributed by atoms with Crippen molar-refractivity contribution in [3.05, 3.63) is 72.3 Å². The van der Waals surface area contributed by atoms with Crippen LogP contribution < -0.4 is 10.6 Å². The molecule has 10 heteroatoms. The number of amides is 2. The average molecular weight is 478 g/mol. The zero-order valence-corrected chi connectivity index (χ0v) is 19.1. The SMILES string of the molecule is O=C(O)CCC(NC(=O)OCC1c2ccccc2-c2ccccc21)C(=O)NCCCn1cnnc1. The topological polar surface area (TPSA) is 135 Å². The number of aryl methyl sites for hydroxylation is 1. The minimum absolute atomic E-state index is 0.0448. The van der Waals surface area contributed by atoms with Gasteiger partial charge in [-0.1, -0.05) is 48.5 Å². The van der Waals surface area contributed by atoms with Gasteiger partial charge >= 0.3 is 12.1 Å². The van der Waals surface area contributed by atoms with E-state index in [1.807, 2.05) is 48.5 Å². The fraction of sp³-hybridized carbons (Fsp3) is 0.320. The van der Waals surface area contributed by atoms with Gasteiger partial charge in [0.25, 0.3) is 0 Å². The lowest BCUT2D eigenvalue weighted by Gasteiger charge is -2.19. The summed E-state index contributed by atoms with van der Waals surface area (Å²) in [4.78, 5) is 36.3. The van der Waals surface area contributed by atoms with Crippen molar-refractivity contribution in [1.29, 1.82) is 0 Å². The summed E-state index contributed by atoms with van der Waals surface area (Å²) >= 11 is 0. The first-order valence-corrected chi connectivity index (χ1v) is 11.5. The molecule has 3 N–H and O–H groups in total. The summed E-state index contributed by atoms with van der Waals surface area (Å²) in [6, 6.07) is 15.0. The number of carbonyl (C=O) groups excluding carboxylic acids is 2. The van der Waals surface area contributed by atoms with Crippen molar-refractivity contribution in [2.45, 2.75) is 37.8 Å². The number of carboxylic acids is 1. The summed E-state index contributed by atoms with van der Waals surface area (Å²) in [6.07, 6.45) is 2.72. The number of nitrogens with one attached hydrogen (secondary N) is 2. The fourth-order valence-corrected chi connectivity index (χ4v) is 4.25. The largest absolute Gasteiger partial charge is 0.481 e. The van der Waals surface area contributed by atoms with E-state index in [0.29, 0.717) is 19.5 Å². The Labute approximate surface area is 202 Å². The van der Waals surface area contributed by atoms with E-state index in [1.165, 1.54) is 0 Å². The lowest BCUT2D eigenvalue weighted by atomic mass is 9.98. The first kappa shape index (κ1) is 23.9. The van der Waals surface area contributed by atoms with Crippen LogP contribution in [0, 0.1) is 0 Å². The minimum Gasteiger partial charge on any atom is -0.481 e. The summed E-state index contributed by atoms with van der Waals surface area (Å²) in [5, 5.41) is 21.8. The maximum absolute atomic E-state index is 12.6. The molecule has 1 aliphatic carbocycles. The molecule has 35 heavy (non-hydrogen) atoms. The molecule has 0 bridgehead atoms. The average Bonchev–Trinajstić information content (AvgIpc) is 3.49. The minimum atomic E-state index is -1.05. The van der Waals surface area contributed by atoms with E-state index in [9.17, 15) is 14.4 Å². The Morgan fingerprint density at radius 3 is 2.26 bits per heavy atom. The molecule has 0 saturated carbocycles. The van der Waals surface area contributed by atoms with Crippen LogP contribution in [-0.4, -0.2) is 57.0 Å². The van der Waals surface area contributed by atoms with Gasteiger partial charge in [-0.2, -0.15) is 0 Å². The third kappa shape index (κ3) is 6.03. The summed E-state index contributed by atoms with van der Waals surface area (Å²) < 4.78 is 7.29. The molecule has 4 rings (SSSR count). The third-order valence-electron chi connectivity index (χ3n) is 5.96. The first-order valence-electron chi connectivity index (χ1n) is 11.5. The van der Waals surface area contributed by atoms with E-state index in [2.05, 4.69) is 20.8 Å². The van der Waals surface area contributed by atoms with Crippen LogP contribution in [0.4, 0.5) is 4.79 Å². The molecule has 1 heterocycles. The number of aromatic nitrogens is 3. The van der Waals surface area contributed by atoms with Crippen LogP contribution in [0.15, 0.2) is 61.2 Å². The van der Waals surface area contributed by atoms with Crippen LogP contribution in [0.25, 0.3) is 11.1 Å². The second-order valence-corrected chi connectivity index (χ2v) is 8.30. The van der Waals surface area contributed by atoms with Gasteiger partial charge in [0.2, 0.25) is 5.91 Å². The van der Waals surface area contributed by atoms with Gasteiger partial charge in [-0.25, -0.2) is 4.79 Å². The zero-order valence-electron chi connectivity index (χ0n) is 19.1. The van der Waals surface area contributed by atoms with Crippen molar-refractivity contribution in [2.24, 2.45) is 0 Å². The molecule has 2 amide bonds. The van der Waals surface area contributed by atoms with Crippen LogP contribution in [-0.2, 0) is 20.9 Å². The van der Waals surface area contributed by atoms with Gasteiger partial charge < -0.3 is 25.0 Å². The predicted octanol–water partition coefficient (Wildman–Crippen LogP) is 2.56. The molecular formula is C25H27N5O5. The highest BCUT2D eigenvalue weighted by atomic mass is 16.5. The summed E-state index contributed by atoms with van der Waals surface area (Å²) in [5.74, 6) is -1.62. The number of benzene rings is 2. The highest BCUT2D eigenvalue weighted by Crippen LogP contribution is 2.44. The molecule has 0 fully saturated rings. The smallest absolute Gasteiger partial charge is 0.407 e. The number of ether oxygens (including phenoxy) is 1. The zero-order chi connectivity index (χ0) is 24.6. The van der Waals surface area contributed by atoms with Gasteiger partial charge in [0.15, 0.2) is 0 Å². The van der Waals surface area contributed by atoms with Crippen LogP contribution in [0.2, 0.25) is 0 Å². The predicted molar refractivity (Wildman–Crippen MR) is 127 cm³/mol. The number of carbonyl (C=O) groups is 3. The van der Waals surface area contributed by atoms with E-state index in [0.717, 1.165) is 22.3 Å². The van der Waals surface area contributed by atoms with E-state index < -0.39 is 24.0 Å². The van der Waals surface area contributed by atoms with E-state index in [1.54, 1.807) is 17.2 Å². The van der Waals surface area contributed by atoms with Crippen LogP contribution in [0.5, 0.6) is 0 Å². The second-order valence-electron chi connectivity index (χ2n) is 8.30. The van der Waals surface area contributed by atoms with Crippen LogP contribution in [0.3, 0.4) is 0 Å². The third-order valence-corrected chi connectivity index (χ3v) is 5.96. The van der Waals surface area contributed by atoms with Crippen LogP contribution in [0.1, 0.15) is 36.3 Å². The van der Waals surface area contributed by atoms with E-state index >= 15 is 0 Å². The molecule has 0 radical (unpaired) electrons. The lowest BCUT2D eigenvalue weighted by molar-refractivity contribution is -0.137. The Morgan fingerprint density at radius 2 is 1.63 bits per heavy atom. The molecule has 1 aromatic heterocycles. The second kappa shape index (κ2) is 11.3. The number of aliphatic carboxylic acids is 1. The van der Waals surface area contributed by atoms with E-state index in [4.69, 9.17) is 9.84 Å². The normalized spacial score (nSPS) is 12.9. The fourth-order valence-electron chi connectivity index (χ4n) is 4.25. The van der Waals surface area contributed by atoms with Gasteiger partial charge in [-0.05, 0) is 35.1 Å². The monoisotopic (exact) mass is 477 g/mol. The summed E-state index contributed by atoms with van der Waals surface area (Å²) in [7, 11) is 0. The van der Waals surface area contributed by atoms with Crippen molar-refractivity contribution < 1.29 is 24.2 Å². The molecule has 2 aromatic carbocycles. The molecular weight excluding hydrogens is 450 g/mol. The Balaban J connectivity index is 1.32. The molecule has 3 aromatic rings. The molecule has 10 nitrogen and oxygen atoms in total. The molecule has 1 aliphatic rings. The first-order chi connectivity index (χ1) is 17.0. The molecule has 182 valence electrons. The molecule has 1 atom stereocenters. The van der Waals surface area contributed by atoms with Crippen molar-refractivity contribution >= 4 is 18.0 Å². The van der Waals surface area contributed by atoms with Crippen molar-refractivity contribution in [1.82, 2.24) is 25.4 Å². The highest BCUT2D eigenvalue weighted by Gasteiger charge is 2.29. The van der Waals surface area contributed by atoms with Gasteiger partial charge in [0.1, 0.15) is 25.3 Å². The number of hydrogen-bond donors (Lipinski definition) is 3. The number of fused-ring (bicyclic) bond motifs is 3.